The molecule has 0 bridgehead atoms. The van der Waals surface area contributed by atoms with E-state index in [-0.39, 0.29) is 12.5 Å². The number of carbonyl (C=O) groups is 1. The summed E-state index contributed by atoms with van der Waals surface area (Å²) in [4.78, 5) is 36.1. The monoisotopic (exact) mass is 519 g/mol. The number of hydrogen-bond donors (Lipinski definition) is 1. The van der Waals surface area contributed by atoms with E-state index in [0.717, 1.165) is 77.2 Å². The number of aromatic nitrogens is 1. The third kappa shape index (κ3) is 14.2. The smallest absolute Gasteiger partial charge is 0.294 e. The summed E-state index contributed by atoms with van der Waals surface area (Å²) in [5.41, 5.74) is 0.636. The van der Waals surface area contributed by atoms with Gasteiger partial charge in [-0.3, -0.25) is 9.69 Å². The van der Waals surface area contributed by atoms with Crippen molar-refractivity contribution in [2.24, 2.45) is 0 Å². The quantitative estimate of drug-likeness (QED) is 0.128. The molecule has 9 nitrogen and oxygen atoms in total. The molecule has 210 valence electrons. The maximum absolute atomic E-state index is 12.4. The highest BCUT2D eigenvalue weighted by Crippen LogP contribution is 2.15. The lowest BCUT2D eigenvalue weighted by Crippen LogP contribution is -2.46. The lowest BCUT2D eigenvalue weighted by atomic mass is 10.0. The van der Waals surface area contributed by atoms with E-state index in [1.807, 2.05) is 12.1 Å². The highest BCUT2D eigenvalue weighted by atomic mass is 16.9. The van der Waals surface area contributed by atoms with Gasteiger partial charge in [0.05, 0.1) is 12.2 Å². The number of amides is 1. The summed E-state index contributed by atoms with van der Waals surface area (Å²) in [6, 6.07) is 3.87. The number of rotatable bonds is 21. The van der Waals surface area contributed by atoms with Crippen LogP contribution in [-0.4, -0.2) is 66.8 Å². The summed E-state index contributed by atoms with van der Waals surface area (Å²) < 4.78 is 0. The zero-order valence-corrected chi connectivity index (χ0v) is 23.0. The first-order valence-corrected chi connectivity index (χ1v) is 14.6. The molecular formula is C28H49N5O4. The van der Waals surface area contributed by atoms with Crippen LogP contribution in [0, 0.1) is 10.1 Å². The summed E-state index contributed by atoms with van der Waals surface area (Å²) in [5, 5.41) is 12.4. The van der Waals surface area contributed by atoms with Crippen LogP contribution in [0.25, 0.3) is 0 Å². The third-order valence-corrected chi connectivity index (χ3v) is 7.05. The minimum absolute atomic E-state index is 0.0308. The Morgan fingerprint density at radius 1 is 0.919 bits per heavy atom. The molecule has 2 heterocycles. The van der Waals surface area contributed by atoms with Crippen molar-refractivity contribution in [3.8, 4) is 0 Å². The van der Waals surface area contributed by atoms with Gasteiger partial charge in [-0.05, 0) is 37.9 Å². The number of nitrogens with one attached hydrogen (secondary N) is 1. The molecule has 0 spiro atoms. The van der Waals surface area contributed by atoms with Crippen molar-refractivity contribution in [3.63, 3.8) is 0 Å². The first-order chi connectivity index (χ1) is 18.1. The zero-order chi connectivity index (χ0) is 26.6. The zero-order valence-electron chi connectivity index (χ0n) is 23.0. The summed E-state index contributed by atoms with van der Waals surface area (Å²) in [7, 11) is 0. The fraction of sp³-hybridized carbons (Fsp3) is 0.786. The molecule has 2 rings (SSSR count). The van der Waals surface area contributed by atoms with Crippen molar-refractivity contribution < 1.29 is 14.7 Å². The van der Waals surface area contributed by atoms with Crippen LogP contribution in [-0.2, 0) is 4.84 Å². The molecule has 0 aromatic carbocycles. The molecule has 1 saturated heterocycles. The van der Waals surface area contributed by atoms with Gasteiger partial charge in [0.15, 0.2) is 0 Å². The topological polar surface area (TPSA) is 101 Å². The van der Waals surface area contributed by atoms with Gasteiger partial charge < -0.3 is 15.1 Å². The molecule has 37 heavy (non-hydrogen) atoms. The molecule has 0 aliphatic carbocycles. The number of nitrogens with zero attached hydrogens (tertiary/aromatic N) is 4. The predicted molar refractivity (Wildman–Crippen MR) is 148 cm³/mol. The SMILES string of the molecule is CCCN1CCN(c2ccc(C(=O)NCCCCCCCCCCCCCCCO[N+](=O)[O-])cn2)CC1. The van der Waals surface area contributed by atoms with Crippen molar-refractivity contribution in [2.75, 3.05) is 50.8 Å². The van der Waals surface area contributed by atoms with Gasteiger partial charge in [0, 0.05) is 38.9 Å². The first-order valence-electron chi connectivity index (χ1n) is 14.6. The minimum Gasteiger partial charge on any atom is -0.354 e. The highest BCUT2D eigenvalue weighted by molar-refractivity contribution is 5.94. The van der Waals surface area contributed by atoms with Gasteiger partial charge in [-0.2, -0.15) is 0 Å². The largest absolute Gasteiger partial charge is 0.354 e. The molecular weight excluding hydrogens is 470 g/mol. The highest BCUT2D eigenvalue weighted by Gasteiger charge is 2.17. The van der Waals surface area contributed by atoms with Crippen molar-refractivity contribution >= 4 is 11.7 Å². The Hall–Kier alpha value is -2.42. The molecule has 0 radical (unpaired) electrons. The molecule has 1 amide bonds. The molecule has 0 saturated carbocycles. The number of unbranched alkanes of at least 4 members (excludes halogenated alkanes) is 12. The second-order valence-corrected chi connectivity index (χ2v) is 10.1. The number of anilines is 1. The van der Waals surface area contributed by atoms with Gasteiger partial charge in [0.2, 0.25) is 0 Å². The molecule has 1 fully saturated rings. The van der Waals surface area contributed by atoms with Gasteiger partial charge in [0.25, 0.3) is 11.0 Å². The summed E-state index contributed by atoms with van der Waals surface area (Å²) in [6.07, 6.45) is 18.1. The van der Waals surface area contributed by atoms with Crippen LogP contribution in [0.4, 0.5) is 5.82 Å². The van der Waals surface area contributed by atoms with Crippen molar-refractivity contribution in [1.82, 2.24) is 15.2 Å². The number of piperazine rings is 1. The summed E-state index contributed by atoms with van der Waals surface area (Å²) >= 11 is 0. The summed E-state index contributed by atoms with van der Waals surface area (Å²) in [5.74, 6) is 0.933. The molecule has 1 aliphatic rings. The normalized spacial score (nSPS) is 14.0. The lowest BCUT2D eigenvalue weighted by Gasteiger charge is -2.35. The Morgan fingerprint density at radius 3 is 2.00 bits per heavy atom. The van der Waals surface area contributed by atoms with E-state index < -0.39 is 5.09 Å². The molecule has 1 aromatic rings. The van der Waals surface area contributed by atoms with E-state index in [0.29, 0.717) is 5.56 Å². The number of pyridine rings is 1. The van der Waals surface area contributed by atoms with Crippen LogP contribution in [0.5, 0.6) is 0 Å². The van der Waals surface area contributed by atoms with Crippen molar-refractivity contribution in [2.45, 2.75) is 96.8 Å². The van der Waals surface area contributed by atoms with E-state index in [1.165, 1.54) is 57.8 Å². The Balaban J connectivity index is 1.39. The second-order valence-electron chi connectivity index (χ2n) is 10.1. The van der Waals surface area contributed by atoms with Crippen LogP contribution < -0.4 is 10.2 Å². The Labute approximate surface area is 223 Å². The fourth-order valence-corrected chi connectivity index (χ4v) is 4.84. The Kier molecular flexibility index (Phi) is 16.4. The lowest BCUT2D eigenvalue weighted by molar-refractivity contribution is -0.757. The average Bonchev–Trinajstić information content (AvgIpc) is 2.91. The Bertz CT molecular complexity index is 739. The average molecular weight is 520 g/mol. The molecule has 0 atom stereocenters. The fourth-order valence-electron chi connectivity index (χ4n) is 4.84. The van der Waals surface area contributed by atoms with E-state index in [2.05, 4.69) is 31.9 Å². The van der Waals surface area contributed by atoms with Crippen LogP contribution >= 0.6 is 0 Å². The van der Waals surface area contributed by atoms with Gasteiger partial charge in [0.1, 0.15) is 5.82 Å². The summed E-state index contributed by atoms with van der Waals surface area (Å²) in [6.45, 7) is 8.47. The molecule has 1 aromatic heterocycles. The van der Waals surface area contributed by atoms with Crippen LogP contribution in [0.15, 0.2) is 18.3 Å². The maximum Gasteiger partial charge on any atom is 0.294 e. The van der Waals surface area contributed by atoms with Crippen LogP contribution in [0.3, 0.4) is 0 Å². The van der Waals surface area contributed by atoms with E-state index in [1.54, 1.807) is 6.20 Å². The molecule has 9 heteroatoms. The van der Waals surface area contributed by atoms with Crippen LogP contribution in [0.2, 0.25) is 0 Å². The first kappa shape index (κ1) is 30.8. The van der Waals surface area contributed by atoms with Gasteiger partial charge in [-0.1, -0.05) is 77.6 Å². The second kappa shape index (κ2) is 19.7. The van der Waals surface area contributed by atoms with Crippen molar-refractivity contribution in [3.05, 3.63) is 34.0 Å². The number of carbonyl (C=O) groups excluding carboxylic acids is 1. The van der Waals surface area contributed by atoms with Gasteiger partial charge in [-0.25, -0.2) is 4.98 Å². The maximum atomic E-state index is 12.4. The van der Waals surface area contributed by atoms with Gasteiger partial charge >= 0.3 is 0 Å². The molecule has 1 N–H and O–H groups in total. The molecule has 1 aliphatic heterocycles. The van der Waals surface area contributed by atoms with E-state index >= 15 is 0 Å². The van der Waals surface area contributed by atoms with Gasteiger partial charge in [-0.15, -0.1) is 10.1 Å². The van der Waals surface area contributed by atoms with E-state index in [4.69, 9.17) is 0 Å². The predicted octanol–water partition coefficient (Wildman–Crippen LogP) is 5.62. The third-order valence-electron chi connectivity index (χ3n) is 7.05. The van der Waals surface area contributed by atoms with E-state index in [9.17, 15) is 14.9 Å². The number of hydrogen-bond acceptors (Lipinski definition) is 7. The standard InChI is InChI=1S/C28H49N5O4/c1-2-19-31-20-22-32(23-21-31)27-17-16-26(25-30-27)28(34)29-18-14-12-10-8-6-4-3-5-7-9-11-13-15-24-37-33(35)36/h16-17,25H,2-15,18-24H2,1H3,(H,29,34). The van der Waals surface area contributed by atoms with Crippen LogP contribution in [0.1, 0.15) is 107 Å². The Morgan fingerprint density at radius 2 is 1.49 bits per heavy atom. The minimum atomic E-state index is -0.716. The van der Waals surface area contributed by atoms with Crippen molar-refractivity contribution in [1.29, 1.82) is 0 Å². The molecule has 0 unspecified atom stereocenters.